The van der Waals surface area contributed by atoms with Crippen molar-refractivity contribution in [1.29, 1.82) is 0 Å². The number of halogens is 7. The van der Waals surface area contributed by atoms with E-state index in [1.807, 2.05) is 6.08 Å². The number of carbonyl (C=O) groups excluding carboxylic acids is 4. The number of benzene rings is 2. The van der Waals surface area contributed by atoms with Crippen molar-refractivity contribution in [3.63, 3.8) is 0 Å². The number of amides is 4. The smallest absolute Gasteiger partial charge is 0.417 e. The molecule has 4 aliphatic rings. The highest BCUT2D eigenvalue weighted by Crippen LogP contribution is 2.65. The van der Waals surface area contributed by atoms with Crippen LogP contribution in [0.25, 0.3) is 0 Å². The predicted molar refractivity (Wildman–Crippen MR) is 180 cm³/mol. The van der Waals surface area contributed by atoms with Gasteiger partial charge in [0.1, 0.15) is 0 Å². The Balaban J connectivity index is 1.49. The molecule has 7 rings (SSSR count). The number of carbonyl (C=O) groups is 4. The molecule has 0 unspecified atom stereocenters. The van der Waals surface area contributed by atoms with Crippen LogP contribution in [0.3, 0.4) is 0 Å². The molecular formula is C33H23Br2Cl2F3N4O6. The minimum Gasteiger partial charge on any atom is -0.503 e. The minimum absolute atomic E-state index is 0.0376. The second-order valence-electron chi connectivity index (χ2n) is 12.4. The number of methoxy groups -OCH3 is 1. The number of pyridine rings is 1. The summed E-state index contributed by atoms with van der Waals surface area (Å²) in [4.78, 5) is 59.8. The first kappa shape index (κ1) is 34.8. The molecule has 3 heterocycles. The van der Waals surface area contributed by atoms with Crippen molar-refractivity contribution in [2.45, 2.75) is 30.4 Å². The van der Waals surface area contributed by atoms with Gasteiger partial charge < -0.3 is 9.84 Å². The first-order valence-electron chi connectivity index (χ1n) is 15.0. The van der Waals surface area contributed by atoms with Crippen LogP contribution in [0.1, 0.15) is 35.4 Å². The third kappa shape index (κ3) is 5.06. The number of fused-ring (bicyclic) bond motifs is 4. The molecule has 3 N–H and O–H groups in total. The summed E-state index contributed by atoms with van der Waals surface area (Å²) in [5, 5.41) is 13.8. The number of anilines is 1. The van der Waals surface area contributed by atoms with Gasteiger partial charge in [0.15, 0.2) is 17.3 Å². The summed E-state index contributed by atoms with van der Waals surface area (Å²) >= 11 is 19.5. The fraction of sp³-hybridized carbons (Fsp3) is 0.303. The lowest BCUT2D eigenvalue weighted by Crippen LogP contribution is -2.53. The Bertz CT molecular complexity index is 2050. The van der Waals surface area contributed by atoms with Crippen molar-refractivity contribution in [3.05, 3.63) is 89.9 Å². The molecule has 10 nitrogen and oxygen atoms in total. The van der Waals surface area contributed by atoms with E-state index in [2.05, 4.69) is 47.6 Å². The van der Waals surface area contributed by atoms with Crippen molar-refractivity contribution in [3.8, 4) is 11.5 Å². The number of aromatic hydroxyl groups is 1. The van der Waals surface area contributed by atoms with Gasteiger partial charge in [-0.2, -0.15) is 18.2 Å². The molecule has 50 heavy (non-hydrogen) atoms. The number of nitrogens with one attached hydrogen (secondary N) is 2. The Morgan fingerprint density at radius 1 is 1.06 bits per heavy atom. The first-order chi connectivity index (χ1) is 23.6. The Morgan fingerprint density at radius 3 is 2.40 bits per heavy atom. The molecule has 1 saturated carbocycles. The third-order valence-corrected chi connectivity index (χ3v) is 12.8. The predicted octanol–water partition coefficient (Wildman–Crippen LogP) is 6.92. The van der Waals surface area contributed by atoms with Gasteiger partial charge in [-0.05, 0) is 86.0 Å². The molecule has 4 amide bonds. The standard InChI is InChI=1S/C33H23Br2Cl2F3N4O6/c1-50-21-10-18(24(34)25(35)26(21)45)23-15-6-7-16-22(29(47)42-28(16)46)17(15)9-19-30(48)44(31(49)32(19,23)12-2-4-14(36)5-3-12)43-27-20(37)8-13(11-41-27)33(38,39)40/h2-6,8,10-11,16-17,19,22-23,45H,7,9H2,1H3,(H,41,43)(H,42,46,47)/t16-,17+,19-,22-,23+,32+/m0/s1. The maximum atomic E-state index is 15.2. The number of alkyl halides is 3. The van der Waals surface area contributed by atoms with Crippen LogP contribution in [0.5, 0.6) is 11.5 Å². The molecule has 2 saturated heterocycles. The van der Waals surface area contributed by atoms with Gasteiger partial charge in [-0.1, -0.05) is 47.0 Å². The molecule has 2 aliphatic carbocycles. The zero-order valence-corrected chi connectivity index (χ0v) is 30.1. The second-order valence-corrected chi connectivity index (χ2v) is 14.8. The maximum absolute atomic E-state index is 15.2. The van der Waals surface area contributed by atoms with Crippen molar-refractivity contribution in [2.24, 2.45) is 23.7 Å². The number of hydrazine groups is 1. The number of ether oxygens (including phenoxy) is 1. The second kappa shape index (κ2) is 12.2. The summed E-state index contributed by atoms with van der Waals surface area (Å²) in [5.74, 6) is -7.52. The average molecular weight is 859 g/mol. The van der Waals surface area contributed by atoms with E-state index in [0.29, 0.717) is 43.5 Å². The third-order valence-electron chi connectivity index (χ3n) is 10.1. The van der Waals surface area contributed by atoms with Crippen LogP contribution in [0.15, 0.2) is 63.2 Å². The first-order valence-corrected chi connectivity index (χ1v) is 17.4. The monoisotopic (exact) mass is 856 g/mol. The summed E-state index contributed by atoms with van der Waals surface area (Å²) in [7, 11) is 1.34. The number of hydrogen-bond acceptors (Lipinski definition) is 8. The lowest BCUT2D eigenvalue weighted by molar-refractivity contribution is -0.139. The molecule has 1 aromatic heterocycles. The fourth-order valence-corrected chi connectivity index (χ4v) is 9.31. The van der Waals surface area contributed by atoms with E-state index in [1.54, 1.807) is 24.3 Å². The number of phenolic OH excluding ortho intramolecular Hbond substituents is 1. The van der Waals surface area contributed by atoms with E-state index in [1.165, 1.54) is 13.2 Å². The molecule has 3 aromatic rings. The van der Waals surface area contributed by atoms with Crippen molar-refractivity contribution < 1.29 is 42.2 Å². The fourth-order valence-electron chi connectivity index (χ4n) is 8.02. The molecule has 0 radical (unpaired) electrons. The molecule has 6 atom stereocenters. The van der Waals surface area contributed by atoms with Crippen molar-refractivity contribution >= 4 is 84.5 Å². The van der Waals surface area contributed by atoms with Gasteiger partial charge in [-0.3, -0.25) is 29.9 Å². The number of hydrogen-bond donors (Lipinski definition) is 3. The van der Waals surface area contributed by atoms with Crippen LogP contribution in [0.2, 0.25) is 10.0 Å². The molecule has 0 spiro atoms. The molecule has 2 aliphatic heterocycles. The van der Waals surface area contributed by atoms with Crippen LogP contribution in [-0.4, -0.2) is 45.8 Å². The van der Waals surface area contributed by atoms with E-state index < -0.39 is 75.4 Å². The number of allylic oxidation sites excluding steroid dienone is 2. The van der Waals surface area contributed by atoms with E-state index in [0.717, 1.165) is 0 Å². The van der Waals surface area contributed by atoms with Gasteiger partial charge in [-0.15, -0.1) is 0 Å². The minimum atomic E-state index is -4.75. The lowest BCUT2D eigenvalue weighted by atomic mass is 9.49. The quantitative estimate of drug-likeness (QED) is 0.186. The number of aromatic nitrogens is 1. The van der Waals surface area contributed by atoms with Gasteiger partial charge in [0.05, 0.1) is 45.3 Å². The summed E-state index contributed by atoms with van der Waals surface area (Å²) in [5.41, 5.74) is 1.06. The van der Waals surface area contributed by atoms with Crippen LogP contribution < -0.4 is 15.5 Å². The highest BCUT2D eigenvalue weighted by Gasteiger charge is 2.70. The summed E-state index contributed by atoms with van der Waals surface area (Å²) in [6, 6.07) is 8.49. The largest absolute Gasteiger partial charge is 0.503 e. The summed E-state index contributed by atoms with van der Waals surface area (Å²) in [6.45, 7) is 0. The molecule has 260 valence electrons. The van der Waals surface area contributed by atoms with E-state index in [-0.39, 0.29) is 34.6 Å². The molecule has 17 heteroatoms. The van der Waals surface area contributed by atoms with Crippen LogP contribution in [0.4, 0.5) is 19.0 Å². The molecule has 3 fully saturated rings. The van der Waals surface area contributed by atoms with Crippen LogP contribution in [0, 0.1) is 23.7 Å². The highest BCUT2D eigenvalue weighted by molar-refractivity contribution is 9.13. The Morgan fingerprint density at radius 2 is 1.76 bits per heavy atom. The Hall–Kier alpha value is -3.66. The summed E-state index contributed by atoms with van der Waals surface area (Å²) < 4.78 is 46.2. The SMILES string of the molecule is COc1cc([C@H]2C3=CC[C@@H]4C(=O)NC(=O)[C@@H]4[C@@H]3C[C@H]3C(=O)N(Nc4ncc(C(F)(F)F)cc4Cl)C(=O)[C@@]23c2ccc(Cl)cc2)c(Br)c(Br)c1O. The van der Waals surface area contributed by atoms with Crippen LogP contribution in [-0.2, 0) is 30.8 Å². The van der Waals surface area contributed by atoms with E-state index >= 15 is 4.79 Å². The molecular weight excluding hydrogens is 836 g/mol. The highest BCUT2D eigenvalue weighted by atomic mass is 79.9. The number of phenols is 1. The van der Waals surface area contributed by atoms with Gasteiger partial charge in [0.2, 0.25) is 11.8 Å². The normalized spacial score (nSPS) is 27.4. The summed E-state index contributed by atoms with van der Waals surface area (Å²) in [6.07, 6.45) is -2.27. The van der Waals surface area contributed by atoms with Gasteiger partial charge in [-0.25, -0.2) is 4.98 Å². The Labute approximate surface area is 308 Å². The molecule has 2 aromatic carbocycles. The van der Waals surface area contributed by atoms with Gasteiger partial charge in [0, 0.05) is 21.6 Å². The average Bonchev–Trinajstić information content (AvgIpc) is 3.48. The van der Waals surface area contributed by atoms with Gasteiger partial charge in [0.25, 0.3) is 11.8 Å². The van der Waals surface area contributed by atoms with Crippen LogP contribution >= 0.6 is 55.1 Å². The number of imide groups is 2. The van der Waals surface area contributed by atoms with E-state index in [4.69, 9.17) is 27.9 Å². The topological polar surface area (TPSA) is 138 Å². The zero-order valence-electron chi connectivity index (χ0n) is 25.4. The van der Waals surface area contributed by atoms with Crippen molar-refractivity contribution in [1.82, 2.24) is 15.3 Å². The lowest BCUT2D eigenvalue weighted by Gasteiger charge is -2.51. The van der Waals surface area contributed by atoms with E-state index in [9.17, 15) is 32.7 Å². The number of rotatable bonds is 5. The molecule has 0 bridgehead atoms. The zero-order chi connectivity index (χ0) is 36.0. The van der Waals surface area contributed by atoms with Gasteiger partial charge >= 0.3 is 6.18 Å². The number of nitrogens with zero attached hydrogens (tertiary/aromatic N) is 2. The Kier molecular flexibility index (Phi) is 8.51. The maximum Gasteiger partial charge on any atom is 0.417 e. The van der Waals surface area contributed by atoms with Crippen molar-refractivity contribution in [2.75, 3.05) is 12.5 Å².